The van der Waals surface area contributed by atoms with Gasteiger partial charge in [-0.2, -0.15) is 0 Å². The Kier molecular flexibility index (Phi) is 6.65. The van der Waals surface area contributed by atoms with Crippen molar-refractivity contribution in [1.29, 1.82) is 0 Å². The summed E-state index contributed by atoms with van der Waals surface area (Å²) in [4.78, 5) is 26.6. The summed E-state index contributed by atoms with van der Waals surface area (Å²) in [5, 5.41) is 5.72. The molecule has 0 bridgehead atoms. The van der Waals surface area contributed by atoms with Crippen LogP contribution in [0.15, 0.2) is 42.5 Å². The first kappa shape index (κ1) is 20.3. The van der Waals surface area contributed by atoms with Gasteiger partial charge in [-0.3, -0.25) is 14.5 Å². The van der Waals surface area contributed by atoms with E-state index in [0.717, 1.165) is 11.1 Å². The quantitative estimate of drug-likeness (QED) is 0.779. The third-order valence-corrected chi connectivity index (χ3v) is 5.11. The van der Waals surface area contributed by atoms with Gasteiger partial charge in [0.25, 0.3) is 0 Å². The highest BCUT2D eigenvalue weighted by molar-refractivity contribution is 6.30. The Hall–Kier alpha value is -2.44. The van der Waals surface area contributed by atoms with Crippen LogP contribution in [0.4, 0.5) is 4.39 Å². The lowest BCUT2D eigenvalue weighted by molar-refractivity contribution is -0.134. The van der Waals surface area contributed by atoms with Gasteiger partial charge < -0.3 is 10.6 Å². The Morgan fingerprint density at radius 2 is 1.96 bits per heavy atom. The molecule has 1 aliphatic heterocycles. The molecule has 1 unspecified atom stereocenters. The molecule has 2 aromatic rings. The van der Waals surface area contributed by atoms with Crippen LogP contribution in [0.25, 0.3) is 0 Å². The molecule has 1 atom stereocenters. The first-order valence-corrected chi connectivity index (χ1v) is 9.58. The van der Waals surface area contributed by atoms with Crippen LogP contribution in [0.1, 0.15) is 23.1 Å². The SMILES string of the molecule is Cc1ccc(CNC(=O)CC2C(=O)NCCN2Cc2ccc(Cl)c(F)c2)cc1. The number of amides is 2. The molecule has 1 saturated heterocycles. The summed E-state index contributed by atoms with van der Waals surface area (Å²) in [6.45, 7) is 3.88. The smallest absolute Gasteiger partial charge is 0.237 e. The molecular formula is C21H23ClFN3O2. The van der Waals surface area contributed by atoms with E-state index in [9.17, 15) is 14.0 Å². The topological polar surface area (TPSA) is 61.4 Å². The Balaban J connectivity index is 1.61. The number of carbonyl (C=O) groups is 2. The predicted molar refractivity (Wildman–Crippen MR) is 106 cm³/mol. The Bertz CT molecular complexity index is 857. The fraction of sp³-hybridized carbons (Fsp3) is 0.333. The molecule has 3 rings (SSSR count). The lowest BCUT2D eigenvalue weighted by Gasteiger charge is -2.34. The highest BCUT2D eigenvalue weighted by Gasteiger charge is 2.31. The van der Waals surface area contributed by atoms with Crippen LogP contribution in [-0.2, 0) is 22.7 Å². The minimum atomic E-state index is -0.592. The zero-order chi connectivity index (χ0) is 20.1. The van der Waals surface area contributed by atoms with Crippen LogP contribution in [0.5, 0.6) is 0 Å². The molecule has 2 N–H and O–H groups in total. The third kappa shape index (κ3) is 5.30. The van der Waals surface area contributed by atoms with Crippen molar-refractivity contribution in [2.45, 2.75) is 32.5 Å². The summed E-state index contributed by atoms with van der Waals surface area (Å²) in [5.41, 5.74) is 2.87. The monoisotopic (exact) mass is 403 g/mol. The van der Waals surface area contributed by atoms with Crippen LogP contribution < -0.4 is 10.6 Å². The van der Waals surface area contributed by atoms with Crippen molar-refractivity contribution in [2.24, 2.45) is 0 Å². The minimum absolute atomic E-state index is 0.0494. The second kappa shape index (κ2) is 9.17. The van der Waals surface area contributed by atoms with Gasteiger partial charge in [0.2, 0.25) is 11.8 Å². The summed E-state index contributed by atoms with van der Waals surface area (Å²) in [6.07, 6.45) is 0.0494. The number of benzene rings is 2. The van der Waals surface area contributed by atoms with Crippen LogP contribution in [0.3, 0.4) is 0 Å². The predicted octanol–water partition coefficient (Wildman–Crippen LogP) is 2.79. The zero-order valence-electron chi connectivity index (χ0n) is 15.7. The van der Waals surface area contributed by atoms with E-state index in [2.05, 4.69) is 10.6 Å². The molecule has 2 aromatic carbocycles. The Morgan fingerprint density at radius 1 is 1.25 bits per heavy atom. The summed E-state index contributed by atoms with van der Waals surface area (Å²) in [5.74, 6) is -0.880. The zero-order valence-corrected chi connectivity index (χ0v) is 16.4. The van der Waals surface area contributed by atoms with Gasteiger partial charge in [-0.15, -0.1) is 0 Å². The summed E-state index contributed by atoms with van der Waals surface area (Å²) in [6, 6.07) is 11.9. The molecule has 1 heterocycles. The highest BCUT2D eigenvalue weighted by Crippen LogP contribution is 2.19. The molecule has 28 heavy (non-hydrogen) atoms. The molecule has 0 aromatic heterocycles. The number of halogens is 2. The number of aryl methyl sites for hydroxylation is 1. The summed E-state index contributed by atoms with van der Waals surface area (Å²) >= 11 is 5.73. The van der Waals surface area contributed by atoms with E-state index >= 15 is 0 Å². The number of piperazine rings is 1. The van der Waals surface area contributed by atoms with Gasteiger partial charge in [0, 0.05) is 26.2 Å². The third-order valence-electron chi connectivity index (χ3n) is 4.80. The first-order valence-electron chi connectivity index (χ1n) is 9.20. The largest absolute Gasteiger partial charge is 0.353 e. The van der Waals surface area contributed by atoms with Gasteiger partial charge >= 0.3 is 0 Å². The first-order chi connectivity index (χ1) is 13.4. The highest BCUT2D eigenvalue weighted by atomic mass is 35.5. The second-order valence-corrected chi connectivity index (χ2v) is 7.40. The lowest BCUT2D eigenvalue weighted by Crippen LogP contribution is -2.56. The van der Waals surface area contributed by atoms with E-state index in [0.29, 0.717) is 31.7 Å². The van der Waals surface area contributed by atoms with Crippen molar-refractivity contribution in [3.63, 3.8) is 0 Å². The standard InChI is InChI=1S/C21H23ClFN3O2/c1-14-2-4-15(5-3-14)12-25-20(27)11-19-21(28)24-8-9-26(19)13-16-6-7-17(22)18(23)10-16/h2-7,10,19H,8-9,11-13H2,1H3,(H,24,28)(H,25,27). The Labute approximate surface area is 168 Å². The van der Waals surface area contributed by atoms with E-state index in [1.807, 2.05) is 36.1 Å². The van der Waals surface area contributed by atoms with Gasteiger partial charge in [0.05, 0.1) is 17.5 Å². The fourth-order valence-electron chi connectivity index (χ4n) is 3.20. The maximum Gasteiger partial charge on any atom is 0.237 e. The molecule has 7 heteroatoms. The molecular weight excluding hydrogens is 381 g/mol. The van der Waals surface area contributed by atoms with E-state index in [1.165, 1.54) is 12.1 Å². The second-order valence-electron chi connectivity index (χ2n) is 6.99. The summed E-state index contributed by atoms with van der Waals surface area (Å²) < 4.78 is 13.7. The Morgan fingerprint density at radius 3 is 2.68 bits per heavy atom. The van der Waals surface area contributed by atoms with Crippen LogP contribution in [-0.4, -0.2) is 35.8 Å². The average Bonchev–Trinajstić information content (AvgIpc) is 2.67. The van der Waals surface area contributed by atoms with Crippen molar-refractivity contribution in [3.8, 4) is 0 Å². The molecule has 0 aliphatic carbocycles. The van der Waals surface area contributed by atoms with E-state index in [1.54, 1.807) is 6.07 Å². The number of carbonyl (C=O) groups excluding carboxylic acids is 2. The van der Waals surface area contributed by atoms with Crippen LogP contribution >= 0.6 is 11.6 Å². The minimum Gasteiger partial charge on any atom is -0.353 e. The van der Waals surface area contributed by atoms with Crippen molar-refractivity contribution >= 4 is 23.4 Å². The van der Waals surface area contributed by atoms with Crippen molar-refractivity contribution in [3.05, 3.63) is 70.0 Å². The lowest BCUT2D eigenvalue weighted by atomic mass is 10.1. The van der Waals surface area contributed by atoms with Gasteiger partial charge in [-0.25, -0.2) is 4.39 Å². The van der Waals surface area contributed by atoms with Crippen molar-refractivity contribution in [2.75, 3.05) is 13.1 Å². The number of hydrogen-bond donors (Lipinski definition) is 2. The number of nitrogens with one attached hydrogen (secondary N) is 2. The van der Waals surface area contributed by atoms with Gasteiger partial charge in [-0.1, -0.05) is 47.5 Å². The summed E-state index contributed by atoms with van der Waals surface area (Å²) in [7, 11) is 0. The molecule has 0 radical (unpaired) electrons. The van der Waals surface area contributed by atoms with E-state index in [4.69, 9.17) is 11.6 Å². The molecule has 0 saturated carbocycles. The fourth-order valence-corrected chi connectivity index (χ4v) is 3.32. The number of hydrogen-bond acceptors (Lipinski definition) is 3. The van der Waals surface area contributed by atoms with E-state index in [-0.39, 0.29) is 23.3 Å². The molecule has 148 valence electrons. The van der Waals surface area contributed by atoms with Crippen LogP contribution in [0, 0.1) is 12.7 Å². The van der Waals surface area contributed by atoms with Gasteiger partial charge in [0.1, 0.15) is 5.82 Å². The van der Waals surface area contributed by atoms with E-state index < -0.39 is 11.9 Å². The molecule has 2 amide bonds. The van der Waals surface area contributed by atoms with Gasteiger partial charge in [0.15, 0.2) is 0 Å². The van der Waals surface area contributed by atoms with Crippen molar-refractivity contribution < 1.29 is 14.0 Å². The maximum atomic E-state index is 13.7. The average molecular weight is 404 g/mol. The normalized spacial score (nSPS) is 17.2. The maximum absolute atomic E-state index is 13.7. The molecule has 5 nitrogen and oxygen atoms in total. The van der Waals surface area contributed by atoms with Crippen molar-refractivity contribution in [1.82, 2.24) is 15.5 Å². The molecule has 1 fully saturated rings. The number of nitrogens with zero attached hydrogens (tertiary/aromatic N) is 1. The van der Waals surface area contributed by atoms with Gasteiger partial charge in [-0.05, 0) is 30.2 Å². The van der Waals surface area contributed by atoms with Crippen LogP contribution in [0.2, 0.25) is 5.02 Å². The molecule has 1 aliphatic rings. The number of rotatable bonds is 6. The molecule has 0 spiro atoms.